The second-order valence-electron chi connectivity index (χ2n) is 3.42. The van der Waals surface area contributed by atoms with Crippen LogP contribution in [0.5, 0.6) is 5.75 Å². The van der Waals surface area contributed by atoms with E-state index in [1.165, 1.54) is 13.2 Å². The molecule has 0 spiro atoms. The van der Waals surface area contributed by atoms with Crippen molar-refractivity contribution in [1.29, 1.82) is 0 Å². The zero-order valence-electron chi connectivity index (χ0n) is 8.40. The van der Waals surface area contributed by atoms with Crippen LogP contribution in [-0.2, 0) is 9.73 Å². The molecule has 3 nitrogen and oxygen atoms in total. The molecular formula is C10H12FNO2S. The maximum atomic E-state index is 13.4. The Labute approximate surface area is 88.4 Å². The Hall–Kier alpha value is -1.10. The molecule has 15 heavy (non-hydrogen) atoms. The molecule has 1 aromatic rings. The van der Waals surface area contributed by atoms with Crippen LogP contribution < -0.4 is 4.74 Å². The van der Waals surface area contributed by atoms with Gasteiger partial charge in [0, 0.05) is 11.5 Å². The number of ether oxygens (including phenoxy) is 1. The minimum atomic E-state index is -2.19. The highest BCUT2D eigenvalue weighted by atomic mass is 32.2. The van der Waals surface area contributed by atoms with Gasteiger partial charge in [0.15, 0.2) is 11.5 Å². The van der Waals surface area contributed by atoms with Gasteiger partial charge in [-0.1, -0.05) is 6.07 Å². The molecule has 1 aromatic carbocycles. The van der Waals surface area contributed by atoms with Crippen LogP contribution in [0.25, 0.3) is 0 Å². The Kier molecular flexibility index (Phi) is 2.65. The van der Waals surface area contributed by atoms with Gasteiger partial charge in [0.1, 0.15) is 5.75 Å². The topological polar surface area (TPSA) is 38.7 Å². The third-order valence-electron chi connectivity index (χ3n) is 2.35. The third-order valence-corrected chi connectivity index (χ3v) is 4.72. The van der Waals surface area contributed by atoms with E-state index in [1.54, 1.807) is 12.1 Å². The molecule has 0 aliphatic carbocycles. The van der Waals surface area contributed by atoms with Crippen molar-refractivity contribution in [2.75, 3.05) is 18.6 Å². The number of halogens is 1. The zero-order chi connectivity index (χ0) is 10.9. The summed E-state index contributed by atoms with van der Waals surface area (Å²) in [6.07, 6.45) is 0.902. The maximum Gasteiger partial charge on any atom is 0.153 e. The first kappa shape index (κ1) is 10.4. The van der Waals surface area contributed by atoms with E-state index in [2.05, 4.69) is 4.36 Å². The number of methoxy groups -OCH3 is 1. The molecule has 5 heteroatoms. The van der Waals surface area contributed by atoms with Gasteiger partial charge in [-0.05, 0) is 18.6 Å². The Bertz CT molecular complexity index is 482. The van der Waals surface area contributed by atoms with Crippen LogP contribution in [0, 0.1) is 5.82 Å². The molecule has 0 N–H and O–H groups in total. The van der Waals surface area contributed by atoms with Crippen molar-refractivity contribution >= 4 is 15.4 Å². The molecule has 0 radical (unpaired) electrons. The van der Waals surface area contributed by atoms with Gasteiger partial charge in [0.25, 0.3) is 0 Å². The monoisotopic (exact) mass is 229 g/mol. The van der Waals surface area contributed by atoms with E-state index in [0.717, 1.165) is 6.42 Å². The van der Waals surface area contributed by atoms with Crippen molar-refractivity contribution in [2.45, 2.75) is 6.42 Å². The first-order valence-corrected chi connectivity index (χ1v) is 6.55. The number of nitrogens with zero attached hydrogens (tertiary/aromatic N) is 1. The minimum Gasteiger partial charge on any atom is -0.494 e. The standard InChI is InChI=1S/C10H12FNO2S/c1-14-9-5-2-4-8(11)10(9)12-15(13)6-3-7-15/h2,4-5H,3,6-7H2,1H3. The van der Waals surface area contributed by atoms with Gasteiger partial charge in [-0.25, -0.2) is 8.60 Å². The summed E-state index contributed by atoms with van der Waals surface area (Å²) in [5.41, 5.74) is 0.0877. The molecule has 1 heterocycles. The second kappa shape index (κ2) is 3.81. The van der Waals surface area contributed by atoms with Gasteiger partial charge in [0.2, 0.25) is 0 Å². The molecule has 2 rings (SSSR count). The molecular weight excluding hydrogens is 217 g/mol. The van der Waals surface area contributed by atoms with Crippen LogP contribution in [0.3, 0.4) is 0 Å². The van der Waals surface area contributed by atoms with Crippen molar-refractivity contribution < 1.29 is 13.3 Å². The van der Waals surface area contributed by atoms with Gasteiger partial charge in [0.05, 0.1) is 16.8 Å². The molecule has 0 unspecified atom stereocenters. The van der Waals surface area contributed by atoms with Gasteiger partial charge < -0.3 is 4.74 Å². The average molecular weight is 229 g/mol. The summed E-state index contributed by atoms with van der Waals surface area (Å²) in [6.45, 7) is 0. The first-order chi connectivity index (χ1) is 7.14. The number of rotatable bonds is 2. The Balaban J connectivity index is 2.52. The van der Waals surface area contributed by atoms with Crippen LogP contribution in [-0.4, -0.2) is 22.8 Å². The number of hydrogen-bond acceptors (Lipinski definition) is 3. The van der Waals surface area contributed by atoms with Crippen molar-refractivity contribution in [3.05, 3.63) is 24.0 Å². The average Bonchev–Trinajstić information content (AvgIpc) is 2.18. The van der Waals surface area contributed by atoms with Crippen LogP contribution >= 0.6 is 0 Å². The number of benzene rings is 1. The summed E-state index contributed by atoms with van der Waals surface area (Å²) in [6, 6.07) is 4.45. The van der Waals surface area contributed by atoms with E-state index >= 15 is 0 Å². The van der Waals surface area contributed by atoms with Gasteiger partial charge >= 0.3 is 0 Å². The van der Waals surface area contributed by atoms with E-state index < -0.39 is 15.5 Å². The Morgan fingerprint density at radius 3 is 2.73 bits per heavy atom. The molecule has 1 fully saturated rings. The molecule has 0 bridgehead atoms. The summed E-state index contributed by atoms with van der Waals surface area (Å²) >= 11 is 0. The lowest BCUT2D eigenvalue weighted by Gasteiger charge is -2.18. The lowest BCUT2D eigenvalue weighted by atomic mass is 10.3. The highest BCUT2D eigenvalue weighted by Gasteiger charge is 2.21. The molecule has 0 atom stereocenters. The minimum absolute atomic E-state index is 0.0877. The van der Waals surface area contributed by atoms with E-state index in [9.17, 15) is 8.60 Å². The fourth-order valence-electron chi connectivity index (χ4n) is 1.40. The highest BCUT2D eigenvalue weighted by molar-refractivity contribution is 7.95. The quantitative estimate of drug-likeness (QED) is 0.780. The van der Waals surface area contributed by atoms with Gasteiger partial charge in [-0.3, -0.25) is 0 Å². The molecule has 1 aliphatic rings. The molecule has 82 valence electrons. The van der Waals surface area contributed by atoms with Gasteiger partial charge in [-0.2, -0.15) is 4.36 Å². The SMILES string of the molecule is COc1cccc(F)c1N=S1(=O)CCC1. The second-order valence-corrected chi connectivity index (χ2v) is 5.96. The van der Waals surface area contributed by atoms with Gasteiger partial charge in [-0.15, -0.1) is 0 Å². The fourth-order valence-corrected chi connectivity index (χ4v) is 2.87. The van der Waals surface area contributed by atoms with Crippen LogP contribution in [0.15, 0.2) is 22.6 Å². The van der Waals surface area contributed by atoms with E-state index in [4.69, 9.17) is 4.74 Å². The van der Waals surface area contributed by atoms with Crippen LogP contribution in [0.1, 0.15) is 6.42 Å². The summed E-state index contributed by atoms with van der Waals surface area (Å²) < 4.78 is 34.2. The summed E-state index contributed by atoms with van der Waals surface area (Å²) in [4.78, 5) is 0. The fraction of sp³-hybridized carbons (Fsp3) is 0.400. The Morgan fingerprint density at radius 2 is 2.20 bits per heavy atom. The molecule has 1 aliphatic heterocycles. The summed E-state index contributed by atoms with van der Waals surface area (Å²) in [5, 5.41) is 0. The largest absolute Gasteiger partial charge is 0.494 e. The first-order valence-electron chi connectivity index (χ1n) is 4.70. The maximum absolute atomic E-state index is 13.4. The van der Waals surface area contributed by atoms with Crippen LogP contribution in [0.4, 0.5) is 10.1 Å². The van der Waals surface area contributed by atoms with E-state index in [-0.39, 0.29) is 5.69 Å². The number of hydrogen-bond donors (Lipinski definition) is 0. The normalized spacial score (nSPS) is 18.0. The van der Waals surface area contributed by atoms with E-state index in [0.29, 0.717) is 17.3 Å². The predicted octanol–water partition coefficient (Wildman–Crippen LogP) is 2.34. The molecule has 0 aromatic heterocycles. The third kappa shape index (κ3) is 1.97. The predicted molar refractivity (Wildman–Crippen MR) is 57.5 cm³/mol. The summed E-state index contributed by atoms with van der Waals surface area (Å²) in [7, 11) is -0.746. The lowest BCUT2D eigenvalue weighted by molar-refractivity contribution is 0.413. The highest BCUT2D eigenvalue weighted by Crippen LogP contribution is 2.33. The Morgan fingerprint density at radius 1 is 1.47 bits per heavy atom. The van der Waals surface area contributed by atoms with Crippen molar-refractivity contribution in [2.24, 2.45) is 4.36 Å². The summed E-state index contributed by atoms with van der Waals surface area (Å²) in [5.74, 6) is 0.975. The molecule has 0 amide bonds. The van der Waals surface area contributed by atoms with Crippen molar-refractivity contribution in [3.8, 4) is 5.75 Å². The van der Waals surface area contributed by atoms with Crippen molar-refractivity contribution in [1.82, 2.24) is 0 Å². The molecule has 1 saturated heterocycles. The lowest BCUT2D eigenvalue weighted by Crippen LogP contribution is -2.23. The van der Waals surface area contributed by atoms with Crippen molar-refractivity contribution in [3.63, 3.8) is 0 Å². The van der Waals surface area contributed by atoms with E-state index in [1.807, 2.05) is 0 Å². The smallest absolute Gasteiger partial charge is 0.153 e. The molecule has 0 saturated carbocycles. The zero-order valence-corrected chi connectivity index (χ0v) is 9.22. The van der Waals surface area contributed by atoms with Crippen LogP contribution in [0.2, 0.25) is 0 Å².